The normalized spacial score (nSPS) is 18.2. The Morgan fingerprint density at radius 1 is 1.07 bits per heavy atom. The van der Waals surface area contributed by atoms with Gasteiger partial charge in [-0.15, -0.1) is 0 Å². The molecule has 0 aromatic heterocycles. The van der Waals surface area contributed by atoms with E-state index in [4.69, 9.17) is 21.1 Å². The number of hydrogen-bond donors (Lipinski definition) is 2. The second-order valence-corrected chi connectivity index (χ2v) is 7.74. The van der Waals surface area contributed by atoms with Crippen LogP contribution >= 0.6 is 11.6 Å². The summed E-state index contributed by atoms with van der Waals surface area (Å²) in [5, 5.41) is 7.31. The first-order valence-corrected chi connectivity index (χ1v) is 9.73. The van der Waals surface area contributed by atoms with Gasteiger partial charge in [-0.2, -0.15) is 0 Å². The number of piperidine rings is 1. The summed E-state index contributed by atoms with van der Waals surface area (Å²) in [6, 6.07) is 11.2. The van der Waals surface area contributed by atoms with Gasteiger partial charge in [0.1, 0.15) is 17.2 Å². The third-order valence-electron chi connectivity index (χ3n) is 5.55. The Balaban J connectivity index is 1.45. The van der Waals surface area contributed by atoms with Gasteiger partial charge in [-0.25, -0.2) is 0 Å². The first-order chi connectivity index (χ1) is 13.5. The van der Waals surface area contributed by atoms with E-state index < -0.39 is 5.66 Å². The van der Waals surface area contributed by atoms with Crippen LogP contribution in [0.4, 0.5) is 5.69 Å². The summed E-state index contributed by atoms with van der Waals surface area (Å²) < 4.78 is 10.8. The standard InChI is InChI=1S/C21H24ClN3O3/c1-27-16-5-3-14(19(12-16)28-2)13-25-9-7-21(8-10-25)23-18-11-15(22)4-6-17(18)20(26)24-21/h3-6,11-12,23H,7-10,13H2,1-2H3,(H,24,26). The topological polar surface area (TPSA) is 62.8 Å². The van der Waals surface area contributed by atoms with Gasteiger partial charge in [0.2, 0.25) is 0 Å². The zero-order valence-electron chi connectivity index (χ0n) is 16.0. The molecule has 1 fully saturated rings. The molecule has 1 spiro atoms. The van der Waals surface area contributed by atoms with Crippen molar-refractivity contribution >= 4 is 23.2 Å². The number of nitrogens with one attached hydrogen (secondary N) is 2. The summed E-state index contributed by atoms with van der Waals surface area (Å²) in [5.74, 6) is 1.56. The third-order valence-corrected chi connectivity index (χ3v) is 5.79. The number of amides is 1. The summed E-state index contributed by atoms with van der Waals surface area (Å²) in [7, 11) is 3.32. The van der Waals surface area contributed by atoms with E-state index in [2.05, 4.69) is 15.5 Å². The molecule has 2 aromatic rings. The van der Waals surface area contributed by atoms with Gasteiger partial charge in [0.25, 0.3) is 5.91 Å². The maximum atomic E-state index is 12.6. The number of methoxy groups -OCH3 is 2. The summed E-state index contributed by atoms with van der Waals surface area (Å²) in [6.07, 6.45) is 1.62. The van der Waals surface area contributed by atoms with E-state index in [1.54, 1.807) is 26.4 Å². The molecule has 0 bridgehead atoms. The number of anilines is 1. The smallest absolute Gasteiger partial charge is 0.255 e. The van der Waals surface area contributed by atoms with E-state index in [0.717, 1.165) is 55.2 Å². The largest absolute Gasteiger partial charge is 0.497 e. The van der Waals surface area contributed by atoms with Crippen LogP contribution in [0.15, 0.2) is 36.4 Å². The number of ether oxygens (including phenoxy) is 2. The van der Waals surface area contributed by atoms with Gasteiger partial charge in [-0.3, -0.25) is 9.69 Å². The van der Waals surface area contributed by atoms with Crippen molar-refractivity contribution in [1.29, 1.82) is 0 Å². The molecule has 0 unspecified atom stereocenters. The average Bonchev–Trinajstić information content (AvgIpc) is 2.69. The van der Waals surface area contributed by atoms with Crippen molar-refractivity contribution in [3.8, 4) is 11.5 Å². The summed E-state index contributed by atoms with van der Waals surface area (Å²) in [5.41, 5.74) is 2.15. The minimum Gasteiger partial charge on any atom is -0.497 e. The number of carbonyl (C=O) groups is 1. The summed E-state index contributed by atoms with van der Waals surface area (Å²) in [4.78, 5) is 14.9. The van der Waals surface area contributed by atoms with Crippen LogP contribution in [0.1, 0.15) is 28.8 Å². The number of hydrogen-bond acceptors (Lipinski definition) is 5. The van der Waals surface area contributed by atoms with E-state index >= 15 is 0 Å². The highest BCUT2D eigenvalue weighted by atomic mass is 35.5. The van der Waals surface area contributed by atoms with E-state index in [0.29, 0.717) is 10.6 Å². The number of carbonyl (C=O) groups excluding carboxylic acids is 1. The molecule has 6 nitrogen and oxygen atoms in total. The molecule has 28 heavy (non-hydrogen) atoms. The molecule has 0 saturated carbocycles. The second kappa shape index (κ2) is 7.53. The Morgan fingerprint density at radius 3 is 2.57 bits per heavy atom. The molecule has 7 heteroatoms. The Bertz CT molecular complexity index is 894. The predicted molar refractivity (Wildman–Crippen MR) is 109 cm³/mol. The molecular formula is C21H24ClN3O3. The predicted octanol–water partition coefficient (Wildman–Crippen LogP) is 3.50. The lowest BCUT2D eigenvalue weighted by molar-refractivity contribution is 0.0822. The third kappa shape index (κ3) is 3.62. The highest BCUT2D eigenvalue weighted by Gasteiger charge is 2.40. The van der Waals surface area contributed by atoms with Gasteiger partial charge in [-0.05, 0) is 24.3 Å². The zero-order valence-corrected chi connectivity index (χ0v) is 16.8. The first kappa shape index (κ1) is 18.9. The summed E-state index contributed by atoms with van der Waals surface area (Å²) >= 11 is 6.11. The van der Waals surface area contributed by atoms with Crippen molar-refractivity contribution in [1.82, 2.24) is 10.2 Å². The van der Waals surface area contributed by atoms with E-state index in [1.807, 2.05) is 24.3 Å². The van der Waals surface area contributed by atoms with Gasteiger partial charge in [0.05, 0.1) is 25.5 Å². The lowest BCUT2D eigenvalue weighted by Gasteiger charge is -2.46. The minimum absolute atomic E-state index is 0.0457. The van der Waals surface area contributed by atoms with Crippen LogP contribution in [0.3, 0.4) is 0 Å². The maximum absolute atomic E-state index is 12.6. The molecule has 0 radical (unpaired) electrons. The van der Waals surface area contributed by atoms with Crippen molar-refractivity contribution in [2.75, 3.05) is 32.6 Å². The maximum Gasteiger partial charge on any atom is 0.255 e. The number of nitrogens with zero attached hydrogens (tertiary/aromatic N) is 1. The molecule has 4 rings (SSSR count). The molecule has 0 atom stereocenters. The highest BCUT2D eigenvalue weighted by Crippen LogP contribution is 2.34. The van der Waals surface area contributed by atoms with Crippen molar-refractivity contribution in [3.05, 3.63) is 52.5 Å². The summed E-state index contributed by atoms with van der Waals surface area (Å²) in [6.45, 7) is 2.51. The molecule has 148 valence electrons. The Morgan fingerprint density at radius 2 is 1.86 bits per heavy atom. The molecule has 0 aliphatic carbocycles. The second-order valence-electron chi connectivity index (χ2n) is 7.31. The van der Waals surface area contributed by atoms with Crippen molar-refractivity contribution < 1.29 is 14.3 Å². The molecule has 1 amide bonds. The van der Waals surface area contributed by atoms with Crippen LogP contribution in [0.25, 0.3) is 0 Å². The SMILES string of the molecule is COc1ccc(CN2CCC3(CC2)NC(=O)c2ccc(Cl)cc2N3)c(OC)c1. The van der Waals surface area contributed by atoms with Crippen molar-refractivity contribution in [2.45, 2.75) is 25.0 Å². The fourth-order valence-electron chi connectivity index (χ4n) is 3.96. The fourth-order valence-corrected chi connectivity index (χ4v) is 4.13. The minimum atomic E-state index is -0.421. The Hall–Kier alpha value is -2.44. The number of benzene rings is 2. The highest BCUT2D eigenvalue weighted by molar-refractivity contribution is 6.31. The van der Waals surface area contributed by atoms with E-state index in [9.17, 15) is 4.79 Å². The Kier molecular flexibility index (Phi) is 5.08. The van der Waals surface area contributed by atoms with Gasteiger partial charge >= 0.3 is 0 Å². The van der Waals surface area contributed by atoms with Gasteiger partial charge in [0.15, 0.2) is 0 Å². The van der Waals surface area contributed by atoms with Crippen LogP contribution in [-0.4, -0.2) is 43.8 Å². The molecule has 2 aliphatic heterocycles. The van der Waals surface area contributed by atoms with E-state index in [1.165, 1.54) is 0 Å². The van der Waals surface area contributed by atoms with Crippen LogP contribution < -0.4 is 20.1 Å². The average molecular weight is 402 g/mol. The number of rotatable bonds is 4. The van der Waals surface area contributed by atoms with Crippen molar-refractivity contribution in [3.63, 3.8) is 0 Å². The monoisotopic (exact) mass is 401 g/mol. The molecule has 2 aromatic carbocycles. The molecule has 1 saturated heterocycles. The number of likely N-dealkylation sites (tertiary alicyclic amines) is 1. The quantitative estimate of drug-likeness (QED) is 0.820. The molecule has 2 aliphatic rings. The number of fused-ring (bicyclic) bond motifs is 1. The van der Waals surface area contributed by atoms with Gasteiger partial charge in [0, 0.05) is 49.1 Å². The molecule has 2 N–H and O–H groups in total. The number of halogens is 1. The Labute approximate surface area is 169 Å². The zero-order chi connectivity index (χ0) is 19.7. The van der Waals surface area contributed by atoms with E-state index in [-0.39, 0.29) is 5.91 Å². The lowest BCUT2D eigenvalue weighted by atomic mass is 9.92. The van der Waals surface area contributed by atoms with Gasteiger partial charge < -0.3 is 20.1 Å². The molecular weight excluding hydrogens is 378 g/mol. The first-order valence-electron chi connectivity index (χ1n) is 9.35. The van der Waals surface area contributed by atoms with Crippen LogP contribution in [0, 0.1) is 0 Å². The lowest BCUT2D eigenvalue weighted by Crippen LogP contribution is -2.62. The van der Waals surface area contributed by atoms with Gasteiger partial charge in [-0.1, -0.05) is 17.7 Å². The van der Waals surface area contributed by atoms with Crippen LogP contribution in [0.2, 0.25) is 5.02 Å². The van der Waals surface area contributed by atoms with Crippen LogP contribution in [0.5, 0.6) is 11.5 Å². The van der Waals surface area contributed by atoms with Crippen LogP contribution in [-0.2, 0) is 6.54 Å². The van der Waals surface area contributed by atoms with Crippen molar-refractivity contribution in [2.24, 2.45) is 0 Å². The fraction of sp³-hybridized carbons (Fsp3) is 0.381. The molecule has 2 heterocycles.